The molecule has 1 aromatic carbocycles. The van der Waals surface area contributed by atoms with E-state index in [-0.39, 0.29) is 0 Å². The molecule has 0 radical (unpaired) electrons. The molecule has 0 aliphatic heterocycles. The van der Waals surface area contributed by atoms with Gasteiger partial charge < -0.3 is 5.73 Å². The Morgan fingerprint density at radius 2 is 1.94 bits per heavy atom. The molecule has 2 N–H and O–H groups in total. The summed E-state index contributed by atoms with van der Waals surface area (Å²) in [5.41, 5.74) is 4.92. The van der Waals surface area contributed by atoms with Gasteiger partial charge in [0.15, 0.2) is 0 Å². The molecule has 96 valence electrons. The van der Waals surface area contributed by atoms with Crippen LogP contribution in [0.4, 0.5) is 17.6 Å². The minimum Gasteiger partial charge on any atom is -0.324 e. The third-order valence-corrected chi connectivity index (χ3v) is 2.60. The number of hydrogen-bond donors (Lipinski definition) is 1. The van der Waals surface area contributed by atoms with Crippen molar-refractivity contribution in [3.8, 4) is 0 Å². The summed E-state index contributed by atoms with van der Waals surface area (Å²) in [6.45, 7) is 1.99. The van der Waals surface area contributed by atoms with Crippen LogP contribution in [0.3, 0.4) is 0 Å². The van der Waals surface area contributed by atoms with Crippen molar-refractivity contribution >= 4 is 0 Å². The summed E-state index contributed by atoms with van der Waals surface area (Å²) in [5, 5.41) is 0. The fraction of sp³-hybridized carbons (Fsp3) is 0.500. The zero-order valence-electron chi connectivity index (χ0n) is 9.52. The van der Waals surface area contributed by atoms with Gasteiger partial charge in [-0.15, -0.1) is 0 Å². The van der Waals surface area contributed by atoms with E-state index in [0.717, 1.165) is 25.0 Å². The zero-order chi connectivity index (χ0) is 13.1. The number of unbranched alkanes of at least 4 members (excludes halogenated alkanes) is 1. The van der Waals surface area contributed by atoms with Gasteiger partial charge in [0.05, 0.1) is 5.56 Å². The van der Waals surface area contributed by atoms with Crippen LogP contribution in [0.1, 0.15) is 43.4 Å². The topological polar surface area (TPSA) is 26.0 Å². The maximum Gasteiger partial charge on any atom is 0.419 e. The molecule has 0 aliphatic rings. The van der Waals surface area contributed by atoms with Crippen LogP contribution in [0.15, 0.2) is 18.2 Å². The maximum atomic E-state index is 13.3. The number of hydrogen-bond acceptors (Lipinski definition) is 1. The van der Waals surface area contributed by atoms with Crippen molar-refractivity contribution in [1.29, 1.82) is 0 Å². The average molecular weight is 249 g/mol. The Morgan fingerprint density at radius 3 is 2.41 bits per heavy atom. The van der Waals surface area contributed by atoms with E-state index in [2.05, 4.69) is 0 Å². The SMILES string of the molecule is CCCC[C@H](N)c1ccc(C(F)(F)F)c(F)c1. The lowest BCUT2D eigenvalue weighted by Crippen LogP contribution is -2.13. The van der Waals surface area contributed by atoms with E-state index in [9.17, 15) is 17.6 Å². The molecule has 0 saturated carbocycles. The summed E-state index contributed by atoms with van der Waals surface area (Å²) >= 11 is 0. The molecule has 0 aliphatic carbocycles. The van der Waals surface area contributed by atoms with Crippen molar-refractivity contribution < 1.29 is 17.6 Å². The standard InChI is InChI=1S/C12H15F4N/c1-2-3-4-11(17)8-5-6-9(10(13)7-8)12(14,15)16/h5-7,11H,2-4,17H2,1H3/t11-/m0/s1. The quantitative estimate of drug-likeness (QED) is 0.801. The third-order valence-electron chi connectivity index (χ3n) is 2.60. The van der Waals surface area contributed by atoms with Gasteiger partial charge in [-0.3, -0.25) is 0 Å². The van der Waals surface area contributed by atoms with E-state index in [1.54, 1.807) is 0 Å². The smallest absolute Gasteiger partial charge is 0.324 e. The normalized spacial score (nSPS) is 13.8. The molecule has 5 heteroatoms. The predicted molar refractivity (Wildman–Crippen MR) is 57.9 cm³/mol. The second-order valence-electron chi connectivity index (χ2n) is 3.99. The minimum atomic E-state index is -4.66. The van der Waals surface area contributed by atoms with Gasteiger partial charge in [-0.05, 0) is 24.1 Å². The Balaban J connectivity index is 2.89. The van der Waals surface area contributed by atoms with Gasteiger partial charge in [0.25, 0.3) is 0 Å². The van der Waals surface area contributed by atoms with Crippen LogP contribution in [-0.4, -0.2) is 0 Å². The van der Waals surface area contributed by atoms with E-state index >= 15 is 0 Å². The fourth-order valence-corrected chi connectivity index (χ4v) is 1.58. The highest BCUT2D eigenvalue weighted by Gasteiger charge is 2.34. The average Bonchev–Trinajstić information content (AvgIpc) is 2.23. The number of halogens is 4. The Morgan fingerprint density at radius 1 is 1.29 bits per heavy atom. The molecule has 0 spiro atoms. The number of nitrogens with two attached hydrogens (primary N) is 1. The van der Waals surface area contributed by atoms with Crippen molar-refractivity contribution in [2.75, 3.05) is 0 Å². The van der Waals surface area contributed by atoms with E-state index in [1.807, 2.05) is 6.92 Å². The second-order valence-corrected chi connectivity index (χ2v) is 3.99. The molecule has 0 saturated heterocycles. The Hall–Kier alpha value is -1.10. The molecule has 1 atom stereocenters. The Kier molecular flexibility index (Phi) is 4.51. The highest BCUT2D eigenvalue weighted by molar-refractivity contribution is 5.28. The summed E-state index contributed by atoms with van der Waals surface area (Å²) < 4.78 is 50.2. The molecule has 0 bridgehead atoms. The third kappa shape index (κ3) is 3.70. The van der Waals surface area contributed by atoms with Crippen LogP contribution in [-0.2, 0) is 6.18 Å². The minimum absolute atomic E-state index is 0.406. The summed E-state index contributed by atoms with van der Waals surface area (Å²) in [6, 6.07) is 2.46. The highest BCUT2D eigenvalue weighted by atomic mass is 19.4. The van der Waals surface area contributed by atoms with E-state index < -0.39 is 23.6 Å². The monoisotopic (exact) mass is 249 g/mol. The van der Waals surface area contributed by atoms with Crippen LogP contribution in [0.25, 0.3) is 0 Å². The summed E-state index contributed by atoms with van der Waals surface area (Å²) in [5.74, 6) is -1.26. The molecule has 1 nitrogen and oxygen atoms in total. The van der Waals surface area contributed by atoms with Crippen LogP contribution in [0.2, 0.25) is 0 Å². The fourth-order valence-electron chi connectivity index (χ4n) is 1.58. The summed E-state index contributed by atoms with van der Waals surface area (Å²) in [4.78, 5) is 0. The summed E-state index contributed by atoms with van der Waals surface area (Å²) in [7, 11) is 0. The van der Waals surface area contributed by atoms with Crippen LogP contribution < -0.4 is 5.73 Å². The van der Waals surface area contributed by atoms with Crippen molar-refractivity contribution in [3.05, 3.63) is 35.1 Å². The van der Waals surface area contributed by atoms with Crippen LogP contribution in [0, 0.1) is 5.82 Å². The molecule has 17 heavy (non-hydrogen) atoms. The van der Waals surface area contributed by atoms with Crippen LogP contribution in [0.5, 0.6) is 0 Å². The van der Waals surface area contributed by atoms with Crippen molar-refractivity contribution in [1.82, 2.24) is 0 Å². The first kappa shape index (κ1) is 14.0. The molecule has 0 amide bonds. The van der Waals surface area contributed by atoms with Gasteiger partial charge in [0, 0.05) is 6.04 Å². The van der Waals surface area contributed by atoms with E-state index in [4.69, 9.17) is 5.73 Å². The summed E-state index contributed by atoms with van der Waals surface area (Å²) in [6.07, 6.45) is -2.21. The van der Waals surface area contributed by atoms with Crippen molar-refractivity contribution in [2.24, 2.45) is 5.73 Å². The molecule has 0 fully saturated rings. The van der Waals surface area contributed by atoms with Gasteiger partial charge in [-0.25, -0.2) is 4.39 Å². The lowest BCUT2D eigenvalue weighted by atomic mass is 10.0. The Bertz CT molecular complexity index is 373. The van der Waals surface area contributed by atoms with Gasteiger partial charge in [0.2, 0.25) is 0 Å². The highest BCUT2D eigenvalue weighted by Crippen LogP contribution is 2.32. The second kappa shape index (κ2) is 5.49. The lowest BCUT2D eigenvalue weighted by molar-refractivity contribution is -0.140. The molecule has 1 rings (SSSR count). The van der Waals surface area contributed by atoms with Crippen molar-refractivity contribution in [2.45, 2.75) is 38.4 Å². The van der Waals surface area contributed by atoms with E-state index in [1.165, 1.54) is 6.07 Å². The molecule has 0 aromatic heterocycles. The first-order chi connectivity index (χ1) is 7.86. The van der Waals surface area contributed by atoms with Gasteiger partial charge in [0.1, 0.15) is 5.82 Å². The zero-order valence-corrected chi connectivity index (χ0v) is 9.52. The molecule has 1 aromatic rings. The van der Waals surface area contributed by atoms with Gasteiger partial charge in [-0.1, -0.05) is 25.8 Å². The van der Waals surface area contributed by atoms with Crippen LogP contribution >= 0.6 is 0 Å². The first-order valence-electron chi connectivity index (χ1n) is 5.48. The molecular weight excluding hydrogens is 234 g/mol. The maximum absolute atomic E-state index is 13.3. The van der Waals surface area contributed by atoms with Gasteiger partial charge in [-0.2, -0.15) is 13.2 Å². The molecule has 0 heterocycles. The number of alkyl halides is 3. The molecular formula is C12H15F4N. The molecule has 0 unspecified atom stereocenters. The lowest BCUT2D eigenvalue weighted by Gasteiger charge is -2.14. The predicted octanol–water partition coefficient (Wildman–Crippen LogP) is 4.03. The largest absolute Gasteiger partial charge is 0.419 e. The van der Waals surface area contributed by atoms with E-state index in [0.29, 0.717) is 12.0 Å². The number of rotatable bonds is 4. The van der Waals surface area contributed by atoms with Gasteiger partial charge >= 0.3 is 6.18 Å². The first-order valence-corrected chi connectivity index (χ1v) is 5.48. The number of benzene rings is 1. The Labute approximate surface area is 97.6 Å². The van der Waals surface area contributed by atoms with Crippen molar-refractivity contribution in [3.63, 3.8) is 0 Å².